The Morgan fingerprint density at radius 3 is 2.47 bits per heavy atom. The fraction of sp³-hybridized carbons (Fsp3) is 0.600. The molecule has 1 nitrogen and oxygen atoms in total. The van der Waals surface area contributed by atoms with Crippen LogP contribution in [0.1, 0.15) is 44.6 Å². The summed E-state index contributed by atoms with van der Waals surface area (Å²) in [7, 11) is 0. The van der Waals surface area contributed by atoms with Crippen LogP contribution in [-0.4, -0.2) is 17.0 Å². The second-order valence-corrected chi connectivity index (χ2v) is 5.72. The first-order valence-electron chi connectivity index (χ1n) is 6.60. The maximum atomic E-state index is 9.84. The van der Waals surface area contributed by atoms with Crippen LogP contribution >= 0.6 is 11.8 Å². The molecule has 1 rings (SSSR count). The molecule has 0 saturated carbocycles. The normalized spacial score (nSPS) is 12.6. The zero-order chi connectivity index (χ0) is 12.5. The summed E-state index contributed by atoms with van der Waals surface area (Å²) in [5, 5.41) is 9.84. The molecule has 1 unspecified atom stereocenters. The van der Waals surface area contributed by atoms with E-state index in [2.05, 4.69) is 38.1 Å². The molecular weight excluding hydrogens is 228 g/mol. The average Bonchev–Trinajstić information content (AvgIpc) is 2.34. The zero-order valence-electron chi connectivity index (χ0n) is 11.0. The number of rotatable bonds is 8. The number of unbranched alkanes of at least 4 members (excludes halogenated alkanes) is 3. The van der Waals surface area contributed by atoms with Gasteiger partial charge in [-0.1, -0.05) is 50.3 Å². The Balaban J connectivity index is 2.14. The molecule has 0 fully saturated rings. The van der Waals surface area contributed by atoms with Crippen LogP contribution in [0.3, 0.4) is 0 Å². The van der Waals surface area contributed by atoms with Crippen LogP contribution in [0.4, 0.5) is 0 Å². The van der Waals surface area contributed by atoms with Gasteiger partial charge in [-0.25, -0.2) is 0 Å². The van der Waals surface area contributed by atoms with Crippen LogP contribution in [0.15, 0.2) is 29.2 Å². The van der Waals surface area contributed by atoms with Crippen LogP contribution in [0.5, 0.6) is 0 Å². The van der Waals surface area contributed by atoms with Gasteiger partial charge in [-0.15, -0.1) is 11.8 Å². The molecule has 1 atom stereocenters. The van der Waals surface area contributed by atoms with Gasteiger partial charge in [0.15, 0.2) is 0 Å². The molecule has 1 aromatic rings. The maximum absolute atomic E-state index is 9.84. The quantitative estimate of drug-likeness (QED) is 0.546. The lowest BCUT2D eigenvalue weighted by Crippen LogP contribution is -2.09. The van der Waals surface area contributed by atoms with Crippen molar-refractivity contribution in [2.75, 3.05) is 5.75 Å². The molecule has 96 valence electrons. The van der Waals surface area contributed by atoms with Gasteiger partial charge < -0.3 is 5.11 Å². The van der Waals surface area contributed by atoms with Crippen molar-refractivity contribution >= 4 is 11.8 Å². The van der Waals surface area contributed by atoms with Gasteiger partial charge in [0.05, 0.1) is 6.10 Å². The number of aliphatic hydroxyl groups excluding tert-OH is 1. The van der Waals surface area contributed by atoms with E-state index in [1.807, 2.05) is 0 Å². The van der Waals surface area contributed by atoms with Crippen molar-refractivity contribution in [1.29, 1.82) is 0 Å². The summed E-state index contributed by atoms with van der Waals surface area (Å²) >= 11 is 1.75. The smallest absolute Gasteiger partial charge is 0.0634 e. The summed E-state index contributed by atoms with van der Waals surface area (Å²) in [5.41, 5.74) is 1.29. The van der Waals surface area contributed by atoms with Crippen LogP contribution in [0.25, 0.3) is 0 Å². The van der Waals surface area contributed by atoms with E-state index in [-0.39, 0.29) is 6.10 Å². The minimum atomic E-state index is -0.154. The highest BCUT2D eigenvalue weighted by Crippen LogP contribution is 2.20. The van der Waals surface area contributed by atoms with Crippen LogP contribution in [-0.2, 0) is 0 Å². The van der Waals surface area contributed by atoms with E-state index < -0.39 is 0 Å². The topological polar surface area (TPSA) is 20.2 Å². The number of aryl methyl sites for hydroxylation is 1. The fourth-order valence-corrected chi connectivity index (χ4v) is 2.60. The highest BCUT2D eigenvalue weighted by Gasteiger charge is 2.04. The van der Waals surface area contributed by atoms with Crippen molar-refractivity contribution in [1.82, 2.24) is 0 Å². The summed E-state index contributed by atoms with van der Waals surface area (Å²) < 4.78 is 0. The molecular formula is C15H24OS. The molecule has 1 N–H and O–H groups in total. The van der Waals surface area contributed by atoms with E-state index >= 15 is 0 Å². The highest BCUT2D eigenvalue weighted by atomic mass is 32.2. The summed E-state index contributed by atoms with van der Waals surface area (Å²) in [6.45, 7) is 4.31. The van der Waals surface area contributed by atoms with Crippen molar-refractivity contribution in [3.05, 3.63) is 29.8 Å². The zero-order valence-corrected chi connectivity index (χ0v) is 11.8. The van der Waals surface area contributed by atoms with Crippen molar-refractivity contribution in [3.8, 4) is 0 Å². The molecule has 0 saturated heterocycles. The van der Waals surface area contributed by atoms with Gasteiger partial charge in [0.25, 0.3) is 0 Å². The van der Waals surface area contributed by atoms with Gasteiger partial charge in [0.1, 0.15) is 0 Å². The number of hydrogen-bond donors (Lipinski definition) is 1. The lowest BCUT2D eigenvalue weighted by Gasteiger charge is -2.10. The second kappa shape index (κ2) is 8.60. The monoisotopic (exact) mass is 252 g/mol. The molecule has 0 heterocycles. The molecule has 2 heteroatoms. The molecule has 0 amide bonds. The molecule has 0 spiro atoms. The number of thioether (sulfide) groups is 1. The van der Waals surface area contributed by atoms with Crippen molar-refractivity contribution in [2.24, 2.45) is 0 Å². The Hall–Kier alpha value is -0.470. The van der Waals surface area contributed by atoms with E-state index in [1.165, 1.54) is 29.7 Å². The Labute approximate surface area is 110 Å². The van der Waals surface area contributed by atoms with E-state index in [9.17, 15) is 5.11 Å². The number of hydrogen-bond acceptors (Lipinski definition) is 2. The summed E-state index contributed by atoms with van der Waals surface area (Å²) in [6, 6.07) is 8.50. The van der Waals surface area contributed by atoms with Crippen LogP contribution in [0.2, 0.25) is 0 Å². The minimum absolute atomic E-state index is 0.154. The summed E-state index contributed by atoms with van der Waals surface area (Å²) in [5.74, 6) is 0.815. The van der Waals surface area contributed by atoms with Crippen LogP contribution < -0.4 is 0 Å². The van der Waals surface area contributed by atoms with Gasteiger partial charge in [0, 0.05) is 10.6 Å². The average molecular weight is 252 g/mol. The maximum Gasteiger partial charge on any atom is 0.0634 e. The third kappa shape index (κ3) is 6.75. The molecule has 0 radical (unpaired) electrons. The Kier molecular flexibility index (Phi) is 7.38. The number of benzene rings is 1. The first-order valence-corrected chi connectivity index (χ1v) is 7.58. The molecule has 17 heavy (non-hydrogen) atoms. The predicted octanol–water partition coefficient (Wildman–Crippen LogP) is 4.42. The molecule has 0 aliphatic carbocycles. The molecule has 0 aliphatic heterocycles. The summed E-state index contributed by atoms with van der Waals surface area (Å²) in [4.78, 5) is 1.25. The van der Waals surface area contributed by atoms with Gasteiger partial charge >= 0.3 is 0 Å². The van der Waals surface area contributed by atoms with E-state index in [0.29, 0.717) is 0 Å². The van der Waals surface area contributed by atoms with Gasteiger partial charge in [0.2, 0.25) is 0 Å². The van der Waals surface area contributed by atoms with Crippen molar-refractivity contribution in [3.63, 3.8) is 0 Å². The third-order valence-corrected chi connectivity index (χ3v) is 4.01. The van der Waals surface area contributed by atoms with E-state index in [4.69, 9.17) is 0 Å². The minimum Gasteiger partial charge on any atom is -0.392 e. The SMILES string of the molecule is CCCCCCC(O)CSc1ccc(C)cc1. The fourth-order valence-electron chi connectivity index (χ4n) is 1.72. The second-order valence-electron chi connectivity index (χ2n) is 4.63. The van der Waals surface area contributed by atoms with E-state index in [0.717, 1.165) is 18.6 Å². The first-order chi connectivity index (χ1) is 8.22. The van der Waals surface area contributed by atoms with Crippen molar-refractivity contribution < 1.29 is 5.11 Å². The third-order valence-electron chi connectivity index (χ3n) is 2.85. The Morgan fingerprint density at radius 2 is 1.82 bits per heavy atom. The highest BCUT2D eigenvalue weighted by molar-refractivity contribution is 7.99. The number of aliphatic hydroxyl groups is 1. The van der Waals surface area contributed by atoms with Gasteiger partial charge in [-0.05, 0) is 25.5 Å². The van der Waals surface area contributed by atoms with E-state index in [1.54, 1.807) is 11.8 Å². The predicted molar refractivity (Wildman–Crippen MR) is 76.7 cm³/mol. The lowest BCUT2D eigenvalue weighted by atomic mass is 10.1. The molecule has 0 bridgehead atoms. The standard InChI is InChI=1S/C15H24OS/c1-3-4-5-6-7-14(16)12-17-15-10-8-13(2)9-11-15/h8-11,14,16H,3-7,12H2,1-2H3. The largest absolute Gasteiger partial charge is 0.392 e. The lowest BCUT2D eigenvalue weighted by molar-refractivity contribution is 0.185. The summed E-state index contributed by atoms with van der Waals surface area (Å²) in [6.07, 6.45) is 5.75. The first kappa shape index (κ1) is 14.6. The Morgan fingerprint density at radius 1 is 1.12 bits per heavy atom. The van der Waals surface area contributed by atoms with Crippen LogP contribution in [0, 0.1) is 6.92 Å². The Bertz CT molecular complexity index is 294. The van der Waals surface area contributed by atoms with Gasteiger partial charge in [-0.3, -0.25) is 0 Å². The molecule has 0 aliphatic rings. The molecule has 0 aromatic heterocycles. The molecule has 1 aromatic carbocycles. The van der Waals surface area contributed by atoms with Crippen molar-refractivity contribution in [2.45, 2.75) is 57.0 Å². The van der Waals surface area contributed by atoms with Gasteiger partial charge in [-0.2, -0.15) is 0 Å².